The largest absolute Gasteiger partial charge is 0.354 e. The fourth-order valence-electron chi connectivity index (χ4n) is 3.80. The molecule has 0 aliphatic carbocycles. The Kier molecular flexibility index (Phi) is 11.0. The van der Waals surface area contributed by atoms with Crippen LogP contribution in [0.1, 0.15) is 26.2 Å². The van der Waals surface area contributed by atoms with Crippen molar-refractivity contribution in [1.29, 1.82) is 0 Å². The molecule has 2 aliphatic rings. The van der Waals surface area contributed by atoms with Gasteiger partial charge in [-0.25, -0.2) is 4.98 Å². The van der Waals surface area contributed by atoms with Crippen molar-refractivity contribution >= 4 is 36.5 Å². The van der Waals surface area contributed by atoms with Gasteiger partial charge in [0.1, 0.15) is 5.82 Å². The Balaban J connectivity index is 0.00000182. The number of amides is 1. The number of rotatable bonds is 7. The van der Waals surface area contributed by atoms with Crippen LogP contribution in [0.4, 0.5) is 5.82 Å². The zero-order valence-corrected chi connectivity index (χ0v) is 17.8. The summed E-state index contributed by atoms with van der Waals surface area (Å²) in [6, 6.07) is 6.45. The third-order valence-corrected chi connectivity index (χ3v) is 5.25. The first-order valence-corrected chi connectivity index (χ1v) is 9.66. The van der Waals surface area contributed by atoms with Gasteiger partial charge in [0, 0.05) is 64.5 Å². The highest BCUT2D eigenvalue weighted by Crippen LogP contribution is 2.14. The lowest BCUT2D eigenvalue weighted by atomic mass is 10.2. The van der Waals surface area contributed by atoms with Crippen LogP contribution in [0.25, 0.3) is 0 Å². The molecule has 0 aromatic carbocycles. The van der Waals surface area contributed by atoms with E-state index in [2.05, 4.69) is 38.0 Å². The van der Waals surface area contributed by atoms with Crippen molar-refractivity contribution in [2.75, 3.05) is 57.3 Å². The van der Waals surface area contributed by atoms with Crippen LogP contribution in [-0.4, -0.2) is 79.1 Å². The molecular formula is C19H33Cl2N5O. The zero-order chi connectivity index (χ0) is 17.5. The third kappa shape index (κ3) is 6.79. The Morgan fingerprint density at radius 2 is 2.04 bits per heavy atom. The molecule has 3 rings (SSSR count). The van der Waals surface area contributed by atoms with Crippen LogP contribution in [0.3, 0.4) is 0 Å². The maximum absolute atomic E-state index is 12.7. The van der Waals surface area contributed by atoms with Crippen molar-refractivity contribution in [2.45, 2.75) is 32.2 Å². The van der Waals surface area contributed by atoms with Gasteiger partial charge in [-0.1, -0.05) is 13.0 Å². The summed E-state index contributed by atoms with van der Waals surface area (Å²) in [5.74, 6) is 1.38. The smallest absolute Gasteiger partial charge is 0.224 e. The van der Waals surface area contributed by atoms with Crippen molar-refractivity contribution in [3.8, 4) is 0 Å². The molecule has 27 heavy (non-hydrogen) atoms. The van der Waals surface area contributed by atoms with E-state index in [9.17, 15) is 4.79 Å². The average Bonchev–Trinajstić information content (AvgIpc) is 3.19. The first-order valence-electron chi connectivity index (χ1n) is 9.66. The first kappa shape index (κ1) is 24.0. The first-order chi connectivity index (χ1) is 12.3. The molecule has 2 saturated heterocycles. The van der Waals surface area contributed by atoms with Gasteiger partial charge in [-0.3, -0.25) is 9.69 Å². The summed E-state index contributed by atoms with van der Waals surface area (Å²) in [4.78, 5) is 24.0. The van der Waals surface area contributed by atoms with Crippen molar-refractivity contribution in [1.82, 2.24) is 20.1 Å². The molecular weight excluding hydrogens is 385 g/mol. The van der Waals surface area contributed by atoms with Crippen molar-refractivity contribution < 1.29 is 4.79 Å². The summed E-state index contributed by atoms with van der Waals surface area (Å²) in [6.45, 7) is 9.87. The number of hydrogen-bond donors (Lipinski definition) is 1. The number of carbonyl (C=O) groups excluding carboxylic acids is 1. The second kappa shape index (κ2) is 12.4. The highest BCUT2D eigenvalue weighted by Gasteiger charge is 2.26. The van der Waals surface area contributed by atoms with Gasteiger partial charge in [0.2, 0.25) is 5.91 Å². The molecule has 1 N–H and O–H groups in total. The zero-order valence-electron chi connectivity index (χ0n) is 16.2. The fourth-order valence-corrected chi connectivity index (χ4v) is 3.80. The summed E-state index contributed by atoms with van der Waals surface area (Å²) in [7, 11) is 0. The summed E-state index contributed by atoms with van der Waals surface area (Å²) < 4.78 is 0. The van der Waals surface area contributed by atoms with Crippen LogP contribution in [0.15, 0.2) is 24.4 Å². The predicted molar refractivity (Wildman–Crippen MR) is 115 cm³/mol. The van der Waals surface area contributed by atoms with Gasteiger partial charge in [0.15, 0.2) is 0 Å². The van der Waals surface area contributed by atoms with E-state index < -0.39 is 0 Å². The summed E-state index contributed by atoms with van der Waals surface area (Å²) >= 11 is 0. The monoisotopic (exact) mass is 417 g/mol. The molecule has 1 aromatic rings. The molecule has 6 nitrogen and oxygen atoms in total. The van der Waals surface area contributed by atoms with Crippen LogP contribution in [0, 0.1) is 0 Å². The van der Waals surface area contributed by atoms with Crippen LogP contribution >= 0.6 is 24.8 Å². The van der Waals surface area contributed by atoms with Crippen molar-refractivity contribution in [3.05, 3.63) is 24.4 Å². The number of nitrogens with one attached hydrogen (secondary N) is 1. The SMILES string of the molecule is CCCN(C(=O)CCN1CCN(c2ccccn2)CC1)C1CCNC1.Cl.Cl. The molecule has 0 radical (unpaired) electrons. The quantitative estimate of drug-likeness (QED) is 0.735. The van der Waals surface area contributed by atoms with E-state index in [1.807, 2.05) is 18.3 Å². The molecule has 1 amide bonds. The summed E-state index contributed by atoms with van der Waals surface area (Å²) in [6.07, 6.45) is 4.61. The van der Waals surface area contributed by atoms with Gasteiger partial charge in [-0.2, -0.15) is 0 Å². The number of hydrogen-bond acceptors (Lipinski definition) is 5. The van der Waals surface area contributed by atoms with Crippen LogP contribution < -0.4 is 10.2 Å². The van der Waals surface area contributed by atoms with Crippen LogP contribution in [-0.2, 0) is 4.79 Å². The van der Waals surface area contributed by atoms with Gasteiger partial charge in [-0.05, 0) is 31.5 Å². The molecule has 8 heteroatoms. The summed E-state index contributed by atoms with van der Waals surface area (Å²) in [5.41, 5.74) is 0. The predicted octanol–water partition coefficient (Wildman–Crippen LogP) is 2.04. The molecule has 0 spiro atoms. The lowest BCUT2D eigenvalue weighted by molar-refractivity contribution is -0.133. The normalized spacial score (nSPS) is 19.9. The minimum atomic E-state index is 0. The molecule has 1 aromatic heterocycles. The number of piperazine rings is 1. The minimum Gasteiger partial charge on any atom is -0.354 e. The van der Waals surface area contributed by atoms with Gasteiger partial charge in [0.05, 0.1) is 0 Å². The molecule has 2 fully saturated rings. The Morgan fingerprint density at radius 3 is 2.63 bits per heavy atom. The minimum absolute atomic E-state index is 0. The molecule has 154 valence electrons. The van der Waals surface area contributed by atoms with E-state index in [1.54, 1.807) is 0 Å². The fraction of sp³-hybridized carbons (Fsp3) is 0.684. The van der Waals surface area contributed by atoms with Gasteiger partial charge < -0.3 is 15.1 Å². The lowest BCUT2D eigenvalue weighted by Crippen LogP contribution is -2.48. The Labute approximate surface area is 175 Å². The van der Waals surface area contributed by atoms with E-state index in [4.69, 9.17) is 0 Å². The van der Waals surface area contributed by atoms with Gasteiger partial charge >= 0.3 is 0 Å². The second-order valence-corrected chi connectivity index (χ2v) is 7.00. The van der Waals surface area contributed by atoms with Crippen LogP contribution in [0.2, 0.25) is 0 Å². The molecule has 3 heterocycles. The Morgan fingerprint density at radius 1 is 1.26 bits per heavy atom. The number of nitrogens with zero attached hydrogens (tertiary/aromatic N) is 4. The Hall–Kier alpha value is -1.08. The highest BCUT2D eigenvalue weighted by molar-refractivity contribution is 5.85. The highest BCUT2D eigenvalue weighted by atomic mass is 35.5. The molecule has 1 unspecified atom stereocenters. The summed E-state index contributed by atoms with van der Waals surface area (Å²) in [5, 5.41) is 3.38. The van der Waals surface area contributed by atoms with Crippen molar-refractivity contribution in [3.63, 3.8) is 0 Å². The number of pyridine rings is 1. The molecule has 1 atom stereocenters. The van der Waals surface area contributed by atoms with E-state index in [0.29, 0.717) is 18.4 Å². The van der Waals surface area contributed by atoms with Crippen molar-refractivity contribution in [2.24, 2.45) is 0 Å². The number of carbonyl (C=O) groups is 1. The standard InChI is InChI=1S/C19H31N5O.2ClH/c1-2-10-24(17-6-9-20-16-17)19(25)7-11-22-12-14-23(15-13-22)18-5-3-4-8-21-18;;/h3-5,8,17,20H,2,6-7,9-16H2,1H3;2*1H. The molecule has 2 aliphatic heterocycles. The lowest BCUT2D eigenvalue weighted by Gasteiger charge is -2.36. The molecule has 0 saturated carbocycles. The topological polar surface area (TPSA) is 51.7 Å². The number of halogens is 2. The maximum atomic E-state index is 12.7. The Bertz CT molecular complexity index is 534. The van der Waals surface area contributed by atoms with E-state index in [1.165, 1.54) is 0 Å². The van der Waals surface area contributed by atoms with E-state index in [0.717, 1.165) is 71.0 Å². The van der Waals surface area contributed by atoms with Gasteiger partial charge in [-0.15, -0.1) is 24.8 Å². The van der Waals surface area contributed by atoms with Crippen LogP contribution in [0.5, 0.6) is 0 Å². The number of aromatic nitrogens is 1. The van der Waals surface area contributed by atoms with E-state index >= 15 is 0 Å². The van der Waals surface area contributed by atoms with Gasteiger partial charge in [0.25, 0.3) is 0 Å². The number of anilines is 1. The maximum Gasteiger partial charge on any atom is 0.224 e. The second-order valence-electron chi connectivity index (χ2n) is 7.00. The molecule has 0 bridgehead atoms. The third-order valence-electron chi connectivity index (χ3n) is 5.25. The van der Waals surface area contributed by atoms with E-state index in [-0.39, 0.29) is 24.8 Å². The average molecular weight is 418 g/mol.